The van der Waals surface area contributed by atoms with Crippen molar-refractivity contribution in [2.45, 2.75) is 70.0 Å². The van der Waals surface area contributed by atoms with Crippen molar-refractivity contribution in [1.29, 1.82) is 0 Å². The normalized spacial score (nSPS) is 13.0. The number of nitrogens with zero attached hydrogens (tertiary/aromatic N) is 12. The average Bonchev–Trinajstić information content (AvgIpc) is 4.00. The Balaban J connectivity index is 0.000000204. The summed E-state index contributed by atoms with van der Waals surface area (Å²) in [4.78, 5) is 24.4. The highest BCUT2D eigenvalue weighted by molar-refractivity contribution is 9.10. The van der Waals surface area contributed by atoms with E-state index in [1.54, 1.807) is 69.4 Å². The van der Waals surface area contributed by atoms with Crippen LogP contribution in [0.5, 0.6) is 23.0 Å². The molecule has 75 heavy (non-hydrogen) atoms. The van der Waals surface area contributed by atoms with E-state index in [0.717, 1.165) is 33.6 Å². The molecule has 8 aromatic rings. The van der Waals surface area contributed by atoms with E-state index < -0.39 is 48.3 Å². The molecule has 0 aliphatic heterocycles. The third-order valence-corrected chi connectivity index (χ3v) is 15.2. The lowest BCUT2D eigenvalue weighted by molar-refractivity contribution is 0.165. The molecule has 0 fully saturated rings. The highest BCUT2D eigenvalue weighted by atomic mass is 79.9. The van der Waals surface area contributed by atoms with Crippen LogP contribution in [0.1, 0.15) is 65.9 Å². The minimum absolute atomic E-state index is 0.0288. The van der Waals surface area contributed by atoms with Gasteiger partial charge in [0.25, 0.3) is 0 Å². The van der Waals surface area contributed by atoms with Gasteiger partial charge in [-0.1, -0.05) is 12.1 Å². The summed E-state index contributed by atoms with van der Waals surface area (Å²) in [5.41, 5.74) is 6.10. The molecule has 0 spiro atoms. The van der Waals surface area contributed by atoms with Gasteiger partial charge in [-0.15, -0.1) is 20.4 Å². The number of nitrogens with two attached hydrogens (primary N) is 1. The zero-order valence-electron chi connectivity index (χ0n) is 42.6. The van der Waals surface area contributed by atoms with Crippen LogP contribution in [0, 0.1) is 27.7 Å². The van der Waals surface area contributed by atoms with Gasteiger partial charge in [0.15, 0.2) is 39.0 Å². The van der Waals surface area contributed by atoms with Gasteiger partial charge in [-0.05, 0) is 117 Å². The number of aliphatic hydroxyl groups is 2. The summed E-state index contributed by atoms with van der Waals surface area (Å²) in [5.74, 6) is 2.86. The Hall–Kier alpha value is -7.36. The molecule has 26 heteroatoms. The first-order valence-corrected chi connectivity index (χ1v) is 26.7. The van der Waals surface area contributed by atoms with Gasteiger partial charge in [0.2, 0.25) is 14.8 Å². The number of hydrogen-bond donors (Lipinski definition) is 3. The van der Waals surface area contributed by atoms with Crippen LogP contribution in [0.4, 0.5) is 0 Å². The molecular formula is C49H56BrN13O10S2. The summed E-state index contributed by atoms with van der Waals surface area (Å²) in [6, 6.07) is 16.6. The van der Waals surface area contributed by atoms with E-state index in [2.05, 4.69) is 66.2 Å². The number of ether oxygens (including phenoxy) is 4. The van der Waals surface area contributed by atoms with Gasteiger partial charge >= 0.3 is 0 Å². The minimum atomic E-state index is -3.97. The van der Waals surface area contributed by atoms with Crippen LogP contribution in [-0.2, 0) is 25.6 Å². The molecule has 4 atom stereocenters. The first-order valence-electron chi connectivity index (χ1n) is 22.6. The third kappa shape index (κ3) is 13.5. The number of benzene rings is 2. The van der Waals surface area contributed by atoms with Crippen molar-refractivity contribution >= 4 is 35.8 Å². The summed E-state index contributed by atoms with van der Waals surface area (Å²) in [6.45, 7) is 10.1. The fraction of sp³-hybridized carbons (Fsp3) is 0.306. The third-order valence-electron chi connectivity index (χ3n) is 11.3. The predicted octanol–water partition coefficient (Wildman–Crippen LogP) is 5.70. The quantitative estimate of drug-likeness (QED) is 0.104. The number of para-hydroxylation sites is 2. The van der Waals surface area contributed by atoms with E-state index in [1.165, 1.54) is 52.9 Å². The van der Waals surface area contributed by atoms with Gasteiger partial charge < -0.3 is 29.2 Å². The lowest BCUT2D eigenvalue weighted by Gasteiger charge is -2.20. The number of aliphatic hydroxyl groups excluding tert-OH is 2. The maximum atomic E-state index is 13.5. The van der Waals surface area contributed by atoms with Crippen LogP contribution in [0.3, 0.4) is 0 Å². The van der Waals surface area contributed by atoms with E-state index in [9.17, 15) is 27.0 Å². The first-order chi connectivity index (χ1) is 35.6. The van der Waals surface area contributed by atoms with Gasteiger partial charge in [0.05, 0.1) is 33.7 Å². The van der Waals surface area contributed by atoms with Gasteiger partial charge in [-0.2, -0.15) is 0 Å². The number of rotatable bonds is 16. The van der Waals surface area contributed by atoms with Crippen LogP contribution >= 0.6 is 15.9 Å². The molecule has 0 unspecified atom stereocenters. The van der Waals surface area contributed by atoms with Crippen LogP contribution in [0.25, 0.3) is 34.2 Å². The predicted molar refractivity (Wildman–Crippen MR) is 281 cm³/mol. The van der Waals surface area contributed by atoms with Crippen molar-refractivity contribution in [2.24, 2.45) is 5.14 Å². The SMILES string of the molecule is COc1cccc(OC)c1-n1c(Br)nnc1-c1ccc(C)nc1.COc1cccc(OC)c1-n1c(CS(=O)(=O)[C@@H](C)[C@H](O)c2ncc(C)cn2)nnc1-c1cncc(C)c1.Cc1cnc([C@@H](O)[C@H](C)S(N)(=O)=O)nc1. The smallest absolute Gasteiger partial charge is 0.214 e. The molecule has 6 aromatic heterocycles. The Kier molecular flexibility index (Phi) is 18.8. The standard InChI is InChI=1S/C25H28N6O5S.C16H15BrN4O2.C8H13N3O3S/c1-15-9-18(13-26-10-15)25-30-29-21(31(25)22-19(35-4)7-6-8-20(22)36-5)14-37(33,34)17(3)23(32)24-27-11-16(2)12-28-24;1-10-7-8-11(9-18-10)15-19-20-16(17)21(15)14-12(22-2)5-4-6-13(14)23-3;1-5-3-10-8(11-4-5)7(12)6(2)15(9,13)14/h6-13,17,23,32H,14H2,1-5H3;4-9H,1-3H3;3-4,6-7,12H,1-2H3,(H2,9,13,14)/t17-,23-;;6-,7-/m0.0/s1. The fourth-order valence-electron chi connectivity index (χ4n) is 7.08. The van der Waals surface area contributed by atoms with Gasteiger partial charge in [-0.25, -0.2) is 41.9 Å². The molecule has 0 saturated heterocycles. The molecule has 23 nitrogen and oxygen atoms in total. The van der Waals surface area contributed by atoms with Gasteiger partial charge in [0, 0.05) is 60.2 Å². The van der Waals surface area contributed by atoms with Gasteiger partial charge in [0.1, 0.15) is 57.6 Å². The van der Waals surface area contributed by atoms with Crippen LogP contribution in [-0.4, -0.2) is 125 Å². The Bertz CT molecular complexity index is 3400. The molecule has 396 valence electrons. The van der Waals surface area contributed by atoms with E-state index in [4.69, 9.17) is 24.1 Å². The molecule has 0 aliphatic carbocycles. The summed E-state index contributed by atoms with van der Waals surface area (Å²) in [7, 11) is -1.52. The van der Waals surface area contributed by atoms with E-state index in [1.807, 2.05) is 54.8 Å². The molecule has 6 heterocycles. The lowest BCUT2D eigenvalue weighted by atomic mass is 10.2. The van der Waals surface area contributed by atoms with E-state index in [-0.39, 0.29) is 17.5 Å². The fourth-order valence-corrected chi connectivity index (χ4v) is 9.31. The molecule has 0 amide bonds. The number of halogens is 1. The maximum absolute atomic E-state index is 13.5. The van der Waals surface area contributed by atoms with Crippen molar-refractivity contribution in [3.63, 3.8) is 0 Å². The summed E-state index contributed by atoms with van der Waals surface area (Å²) < 4.78 is 75.1. The molecule has 0 bridgehead atoms. The number of pyridine rings is 2. The Morgan fingerprint density at radius 2 is 1.04 bits per heavy atom. The highest BCUT2D eigenvalue weighted by Gasteiger charge is 2.34. The van der Waals surface area contributed by atoms with E-state index in [0.29, 0.717) is 50.6 Å². The largest absolute Gasteiger partial charge is 0.494 e. The van der Waals surface area contributed by atoms with Crippen molar-refractivity contribution in [2.75, 3.05) is 28.4 Å². The van der Waals surface area contributed by atoms with Crippen molar-refractivity contribution in [3.8, 4) is 57.1 Å². The Morgan fingerprint density at radius 1 is 0.573 bits per heavy atom. The number of sulfonamides is 1. The summed E-state index contributed by atoms with van der Waals surface area (Å²) in [5, 5.41) is 39.9. The minimum Gasteiger partial charge on any atom is -0.494 e. The summed E-state index contributed by atoms with van der Waals surface area (Å²) >= 11 is 3.45. The molecule has 0 aliphatic rings. The molecule has 0 saturated carbocycles. The number of primary sulfonamides is 1. The Morgan fingerprint density at radius 3 is 1.49 bits per heavy atom. The number of aromatic nitrogens is 12. The zero-order valence-corrected chi connectivity index (χ0v) is 45.8. The van der Waals surface area contributed by atoms with Gasteiger partial charge in [-0.3, -0.25) is 19.1 Å². The molecular weight excluding hydrogens is 1070 g/mol. The second-order valence-corrected chi connectivity index (χ2v) is 21.8. The number of methoxy groups -OCH3 is 4. The van der Waals surface area contributed by atoms with Crippen molar-refractivity contribution in [1.82, 2.24) is 59.4 Å². The van der Waals surface area contributed by atoms with Crippen LogP contribution in [0.15, 0.2) is 103 Å². The average molecular weight is 1130 g/mol. The topological polar surface area (TPSA) is 310 Å². The number of hydrogen-bond acceptors (Lipinski definition) is 20. The second kappa shape index (κ2) is 24.8. The number of sulfone groups is 1. The molecule has 4 N–H and O–H groups in total. The Labute approximate surface area is 442 Å². The lowest BCUT2D eigenvalue weighted by Crippen LogP contribution is -2.32. The molecule has 8 rings (SSSR count). The van der Waals surface area contributed by atoms with Crippen LogP contribution in [0.2, 0.25) is 0 Å². The van der Waals surface area contributed by atoms with Crippen molar-refractivity contribution in [3.05, 3.63) is 143 Å². The monoisotopic (exact) mass is 1130 g/mol. The van der Waals surface area contributed by atoms with Crippen LogP contribution < -0.4 is 24.1 Å². The molecule has 2 aromatic carbocycles. The molecule has 0 radical (unpaired) electrons. The van der Waals surface area contributed by atoms with Crippen molar-refractivity contribution < 1.29 is 46.0 Å². The highest BCUT2D eigenvalue weighted by Crippen LogP contribution is 2.39. The number of aryl methyl sites for hydroxylation is 4. The summed E-state index contributed by atoms with van der Waals surface area (Å²) in [6.07, 6.45) is 8.41. The first kappa shape index (κ1) is 56.9. The zero-order chi connectivity index (χ0) is 54.8. The second-order valence-electron chi connectivity index (χ2n) is 16.8. The van der Waals surface area contributed by atoms with E-state index >= 15 is 0 Å². The maximum Gasteiger partial charge on any atom is 0.214 e.